The van der Waals surface area contributed by atoms with Gasteiger partial charge >= 0.3 is 0 Å². The number of para-hydroxylation sites is 2. The molecule has 0 atom stereocenters. The number of hydrogen-bond donors (Lipinski definition) is 1. The fourth-order valence-corrected chi connectivity index (χ4v) is 2.23. The van der Waals surface area contributed by atoms with Crippen LogP contribution in [0.15, 0.2) is 46.9 Å². The van der Waals surface area contributed by atoms with Gasteiger partial charge in [0.15, 0.2) is 0 Å². The van der Waals surface area contributed by atoms with Gasteiger partial charge in [-0.25, -0.2) is 4.39 Å². The highest BCUT2D eigenvalue weighted by molar-refractivity contribution is 9.10. The minimum Gasteiger partial charge on any atom is -0.491 e. The summed E-state index contributed by atoms with van der Waals surface area (Å²) < 4.78 is 20.2. The monoisotopic (exact) mass is 337 g/mol. The van der Waals surface area contributed by atoms with Crippen molar-refractivity contribution < 1.29 is 9.13 Å². The van der Waals surface area contributed by atoms with Crippen LogP contribution >= 0.6 is 15.9 Å². The zero-order valence-corrected chi connectivity index (χ0v) is 12.9. The Labute approximate surface area is 127 Å². The molecule has 2 aromatic carbocycles. The molecule has 1 N–H and O–H groups in total. The summed E-state index contributed by atoms with van der Waals surface area (Å²) in [5, 5.41) is 3.22. The van der Waals surface area contributed by atoms with Crippen molar-refractivity contribution in [2.45, 2.75) is 19.9 Å². The van der Waals surface area contributed by atoms with Crippen molar-refractivity contribution in [1.29, 1.82) is 0 Å². The Morgan fingerprint density at radius 2 is 2.00 bits per heavy atom. The van der Waals surface area contributed by atoms with E-state index in [2.05, 4.69) is 28.2 Å². The highest BCUT2D eigenvalue weighted by Crippen LogP contribution is 2.25. The molecule has 0 radical (unpaired) electrons. The van der Waals surface area contributed by atoms with Crippen molar-refractivity contribution in [3.05, 3.63) is 58.3 Å². The van der Waals surface area contributed by atoms with Gasteiger partial charge in [-0.3, -0.25) is 0 Å². The number of hydrogen-bond acceptors (Lipinski definition) is 2. The number of ether oxygens (including phenoxy) is 1. The molecular formula is C16H17BrFNO. The molecule has 0 aliphatic rings. The molecular weight excluding hydrogens is 321 g/mol. The van der Waals surface area contributed by atoms with E-state index in [1.165, 1.54) is 6.07 Å². The third kappa shape index (κ3) is 3.97. The molecule has 2 nitrogen and oxygen atoms in total. The molecule has 4 heteroatoms. The third-order valence-corrected chi connectivity index (χ3v) is 3.32. The van der Waals surface area contributed by atoms with E-state index in [1.54, 1.807) is 12.1 Å². The third-order valence-electron chi connectivity index (χ3n) is 2.83. The maximum absolute atomic E-state index is 13.7. The van der Waals surface area contributed by atoms with Gasteiger partial charge in [0.05, 0.1) is 12.3 Å². The summed E-state index contributed by atoms with van der Waals surface area (Å²) in [6.07, 6.45) is 0.953. The van der Waals surface area contributed by atoms with Crippen LogP contribution in [-0.2, 0) is 6.54 Å². The summed E-state index contributed by atoms with van der Waals surface area (Å²) in [5.41, 5.74) is 1.49. The molecule has 20 heavy (non-hydrogen) atoms. The first-order chi connectivity index (χ1) is 9.70. The second-order valence-corrected chi connectivity index (χ2v) is 5.35. The molecule has 0 fully saturated rings. The summed E-state index contributed by atoms with van der Waals surface area (Å²) in [5.74, 6) is 0.581. The van der Waals surface area contributed by atoms with E-state index in [1.807, 2.05) is 24.3 Å². The zero-order chi connectivity index (χ0) is 14.4. The fourth-order valence-electron chi connectivity index (χ4n) is 1.82. The number of benzene rings is 2. The number of anilines is 1. The predicted octanol–water partition coefficient (Wildman–Crippen LogP) is 4.99. The van der Waals surface area contributed by atoms with Crippen molar-refractivity contribution >= 4 is 21.6 Å². The number of nitrogens with one attached hydrogen (secondary N) is 1. The summed E-state index contributed by atoms with van der Waals surface area (Å²) in [6.45, 7) is 3.15. The minimum absolute atomic E-state index is 0.215. The first kappa shape index (κ1) is 14.9. The highest BCUT2D eigenvalue weighted by atomic mass is 79.9. The normalized spacial score (nSPS) is 10.3. The van der Waals surface area contributed by atoms with Gasteiger partial charge < -0.3 is 10.1 Å². The lowest BCUT2D eigenvalue weighted by Gasteiger charge is -2.13. The molecule has 0 amide bonds. The van der Waals surface area contributed by atoms with Crippen LogP contribution in [0.5, 0.6) is 5.75 Å². The second kappa shape index (κ2) is 7.29. The average molecular weight is 338 g/mol. The van der Waals surface area contributed by atoms with Crippen molar-refractivity contribution in [2.24, 2.45) is 0 Å². The molecule has 2 rings (SSSR count). The Morgan fingerprint density at radius 3 is 2.80 bits per heavy atom. The average Bonchev–Trinajstić information content (AvgIpc) is 2.47. The lowest BCUT2D eigenvalue weighted by Crippen LogP contribution is -2.04. The molecule has 0 aliphatic heterocycles. The van der Waals surface area contributed by atoms with Gasteiger partial charge in [0.25, 0.3) is 0 Å². The molecule has 0 saturated carbocycles. The van der Waals surface area contributed by atoms with E-state index in [9.17, 15) is 4.39 Å². The molecule has 0 saturated heterocycles. The Hall–Kier alpha value is -1.55. The van der Waals surface area contributed by atoms with Gasteiger partial charge in [0.1, 0.15) is 11.6 Å². The molecule has 2 aromatic rings. The smallest absolute Gasteiger partial charge is 0.142 e. The topological polar surface area (TPSA) is 21.3 Å². The molecule has 0 aliphatic carbocycles. The number of rotatable bonds is 6. The van der Waals surface area contributed by atoms with Crippen molar-refractivity contribution in [2.75, 3.05) is 11.9 Å². The Balaban J connectivity index is 2.08. The van der Waals surface area contributed by atoms with Crippen LogP contribution < -0.4 is 10.1 Å². The van der Waals surface area contributed by atoms with Crippen LogP contribution in [0.25, 0.3) is 0 Å². The van der Waals surface area contributed by atoms with Gasteiger partial charge in [-0.05, 0) is 36.8 Å². The lowest BCUT2D eigenvalue weighted by atomic mass is 10.2. The standard InChI is InChI=1S/C16H17BrFNO/c1-2-9-20-16-6-4-3-5-15(16)19-11-12-10-13(17)7-8-14(12)18/h3-8,10,19H,2,9,11H2,1H3. The largest absolute Gasteiger partial charge is 0.491 e. The maximum atomic E-state index is 13.7. The van der Waals surface area contributed by atoms with Crippen LogP contribution in [0.1, 0.15) is 18.9 Å². The van der Waals surface area contributed by atoms with Crippen LogP contribution in [0, 0.1) is 5.82 Å². The Kier molecular flexibility index (Phi) is 5.41. The van der Waals surface area contributed by atoms with Crippen LogP contribution in [-0.4, -0.2) is 6.61 Å². The highest BCUT2D eigenvalue weighted by Gasteiger charge is 2.05. The quantitative estimate of drug-likeness (QED) is 0.801. The number of halogens is 2. The molecule has 106 valence electrons. The van der Waals surface area contributed by atoms with Gasteiger partial charge in [-0.1, -0.05) is 35.0 Å². The van der Waals surface area contributed by atoms with E-state index in [-0.39, 0.29) is 5.82 Å². The fraction of sp³-hybridized carbons (Fsp3) is 0.250. The Bertz CT molecular complexity index is 574. The van der Waals surface area contributed by atoms with Crippen LogP contribution in [0.2, 0.25) is 0 Å². The van der Waals surface area contributed by atoms with E-state index in [0.717, 1.165) is 22.3 Å². The first-order valence-corrected chi connectivity index (χ1v) is 7.39. The SMILES string of the molecule is CCCOc1ccccc1NCc1cc(Br)ccc1F. The molecule has 0 bridgehead atoms. The summed E-state index contributed by atoms with van der Waals surface area (Å²) in [7, 11) is 0. The van der Waals surface area contributed by atoms with Crippen molar-refractivity contribution in [3.63, 3.8) is 0 Å². The van der Waals surface area contributed by atoms with Crippen molar-refractivity contribution in [3.8, 4) is 5.75 Å². The van der Waals surface area contributed by atoms with Crippen LogP contribution in [0.4, 0.5) is 10.1 Å². The van der Waals surface area contributed by atoms with Gasteiger partial charge in [-0.15, -0.1) is 0 Å². The molecule has 0 unspecified atom stereocenters. The first-order valence-electron chi connectivity index (χ1n) is 6.60. The maximum Gasteiger partial charge on any atom is 0.142 e. The zero-order valence-electron chi connectivity index (χ0n) is 11.3. The molecule has 0 aromatic heterocycles. The van der Waals surface area contributed by atoms with E-state index in [0.29, 0.717) is 18.7 Å². The summed E-state index contributed by atoms with van der Waals surface area (Å²) in [4.78, 5) is 0. The second-order valence-electron chi connectivity index (χ2n) is 4.43. The lowest BCUT2D eigenvalue weighted by molar-refractivity contribution is 0.319. The van der Waals surface area contributed by atoms with E-state index >= 15 is 0 Å². The van der Waals surface area contributed by atoms with E-state index < -0.39 is 0 Å². The van der Waals surface area contributed by atoms with Crippen LogP contribution in [0.3, 0.4) is 0 Å². The molecule has 0 spiro atoms. The molecule has 0 heterocycles. The van der Waals surface area contributed by atoms with Gasteiger partial charge in [0, 0.05) is 16.6 Å². The summed E-state index contributed by atoms with van der Waals surface area (Å²) in [6, 6.07) is 12.6. The Morgan fingerprint density at radius 1 is 1.20 bits per heavy atom. The summed E-state index contributed by atoms with van der Waals surface area (Å²) >= 11 is 3.35. The van der Waals surface area contributed by atoms with Gasteiger partial charge in [0.2, 0.25) is 0 Å². The predicted molar refractivity (Wildman–Crippen MR) is 83.7 cm³/mol. The van der Waals surface area contributed by atoms with E-state index in [4.69, 9.17) is 4.74 Å². The van der Waals surface area contributed by atoms with Crippen molar-refractivity contribution in [1.82, 2.24) is 0 Å². The minimum atomic E-state index is -0.215. The van der Waals surface area contributed by atoms with Gasteiger partial charge in [-0.2, -0.15) is 0 Å².